The first-order valence-electron chi connectivity index (χ1n) is 11.0. The maximum atomic E-state index is 10.1. The average molecular weight is 597 g/mol. The van der Waals surface area contributed by atoms with E-state index in [1.807, 2.05) is 42.5 Å². The fraction of sp³-hybridized carbons (Fsp3) is 0. The molecule has 0 aliphatic carbocycles. The third-order valence-corrected chi connectivity index (χ3v) is 4.19. The first-order chi connectivity index (χ1) is 16.5. The predicted octanol–water partition coefficient (Wildman–Crippen LogP) is 7.12. The minimum atomic E-state index is -0.355. The fourth-order valence-corrected chi connectivity index (χ4v) is 2.76. The molecule has 0 atom stereocenters. The molecule has 0 saturated heterocycles. The molecule has 0 fully saturated rings. The predicted molar refractivity (Wildman–Crippen MR) is 131 cm³/mol. The van der Waals surface area contributed by atoms with E-state index in [1.54, 1.807) is 30.5 Å². The maximum absolute atomic E-state index is 10.1. The average Bonchev–Trinajstić information content (AvgIpc) is 3.25. The van der Waals surface area contributed by atoms with Crippen LogP contribution in [0.5, 0.6) is 0 Å². The number of furan rings is 1. The number of hydrogen-bond donors (Lipinski definition) is 0. The van der Waals surface area contributed by atoms with Gasteiger partial charge in [-0.1, -0.05) is 54.4 Å². The number of aromatic nitrogens is 1. The van der Waals surface area contributed by atoms with Gasteiger partial charge in [0.1, 0.15) is 5.58 Å². The van der Waals surface area contributed by atoms with Gasteiger partial charge in [-0.05, 0) is 17.8 Å². The second-order valence-electron chi connectivity index (χ2n) is 6.25. The van der Waals surface area contributed by atoms with Crippen LogP contribution in [-0.4, -0.2) is 10.7 Å². The van der Waals surface area contributed by atoms with Crippen LogP contribution in [-0.2, 0) is 20.1 Å². The Morgan fingerprint density at radius 1 is 1.16 bits per heavy atom. The Hall–Kier alpha value is -3.59. The molecule has 3 nitrogen and oxygen atoms in total. The van der Waals surface area contributed by atoms with Crippen LogP contribution in [0.15, 0.2) is 115 Å². The van der Waals surface area contributed by atoms with Gasteiger partial charge in [0.2, 0.25) is 0 Å². The molecule has 4 heteroatoms. The van der Waals surface area contributed by atoms with Gasteiger partial charge in [-0.2, -0.15) is 12.1 Å². The van der Waals surface area contributed by atoms with E-state index in [-0.39, 0.29) is 37.9 Å². The Morgan fingerprint density at radius 3 is 2.72 bits per heavy atom. The standard InChI is InChI=1S/C17H11NO.C11H10N.Ir/c1-2-3-7-15(18)12-9-10-17-14(11-12)13-6-4-5-8-16(13)19-17;1-3-4-7-10(2)11-8-5-6-9-12-11;/h2-8,10-11H,1H2;3-6,8-9H,1-2H2;/q-2;-1;+3/b7-3-;;/i1D,3D,7D;;/b2-1?,7-3-;;. The Bertz CT molecular complexity index is 1440. The van der Waals surface area contributed by atoms with Crippen LogP contribution in [0, 0.1) is 12.1 Å². The van der Waals surface area contributed by atoms with Gasteiger partial charge in [-0.15, -0.1) is 54.6 Å². The topological polar surface area (TPSA) is 48.3 Å². The second kappa shape index (κ2) is 12.3. The van der Waals surface area contributed by atoms with Crippen molar-refractivity contribution in [3.8, 4) is 0 Å². The summed E-state index contributed by atoms with van der Waals surface area (Å²) in [6.07, 6.45) is 9.19. The van der Waals surface area contributed by atoms with Gasteiger partial charge in [0.05, 0.1) is 8.32 Å². The summed E-state index contributed by atoms with van der Waals surface area (Å²) in [5.74, 6) is 0. The molecule has 0 saturated carbocycles. The summed E-state index contributed by atoms with van der Waals surface area (Å²) in [5, 5.41) is 11.9. The van der Waals surface area contributed by atoms with Gasteiger partial charge in [0, 0.05) is 13.0 Å². The summed E-state index contributed by atoms with van der Waals surface area (Å²) < 4.78 is 28.0. The molecule has 0 radical (unpaired) electrons. The molecule has 0 bridgehead atoms. The van der Waals surface area contributed by atoms with Crippen LogP contribution in [0.3, 0.4) is 0 Å². The zero-order valence-corrected chi connectivity index (χ0v) is 19.5. The van der Waals surface area contributed by atoms with Crippen molar-refractivity contribution in [3.63, 3.8) is 0 Å². The molecule has 2 heterocycles. The van der Waals surface area contributed by atoms with E-state index in [0.717, 1.165) is 40.3 Å². The van der Waals surface area contributed by atoms with E-state index in [0.29, 0.717) is 11.1 Å². The maximum Gasteiger partial charge on any atom is 3.00 e. The van der Waals surface area contributed by atoms with Crippen molar-refractivity contribution >= 4 is 33.2 Å². The van der Waals surface area contributed by atoms with Crippen LogP contribution in [0.1, 0.15) is 15.4 Å². The first-order valence-corrected chi connectivity index (χ1v) is 9.39. The van der Waals surface area contributed by atoms with Crippen molar-refractivity contribution in [2.45, 2.75) is 0 Å². The van der Waals surface area contributed by atoms with Crippen LogP contribution in [0.2, 0.25) is 0 Å². The van der Waals surface area contributed by atoms with E-state index in [9.17, 15) is 5.41 Å². The van der Waals surface area contributed by atoms with Gasteiger partial charge in [0.25, 0.3) is 0 Å². The van der Waals surface area contributed by atoms with E-state index in [1.165, 1.54) is 0 Å². The molecule has 2 aromatic carbocycles. The van der Waals surface area contributed by atoms with Crippen LogP contribution in [0.4, 0.5) is 0 Å². The van der Waals surface area contributed by atoms with E-state index in [2.05, 4.69) is 30.3 Å². The molecule has 0 unspecified atom stereocenters. The van der Waals surface area contributed by atoms with E-state index in [4.69, 9.17) is 8.53 Å². The summed E-state index contributed by atoms with van der Waals surface area (Å²) in [6.45, 7) is 8.26. The number of fused-ring (bicyclic) bond motifs is 3. The van der Waals surface area contributed by atoms with Crippen LogP contribution >= 0.6 is 0 Å². The van der Waals surface area contributed by atoms with Gasteiger partial charge in [0.15, 0.2) is 0 Å². The van der Waals surface area contributed by atoms with E-state index >= 15 is 0 Å². The molecule has 4 rings (SSSR count). The van der Waals surface area contributed by atoms with Crippen molar-refractivity contribution < 1.29 is 28.6 Å². The number of hydrogen-bond acceptors (Lipinski definition) is 2. The third-order valence-electron chi connectivity index (χ3n) is 4.19. The molecule has 0 spiro atoms. The summed E-state index contributed by atoms with van der Waals surface area (Å²) in [4.78, 5) is 4.12. The molecule has 32 heavy (non-hydrogen) atoms. The molecule has 158 valence electrons. The summed E-state index contributed by atoms with van der Waals surface area (Å²) >= 11 is 0. The van der Waals surface area contributed by atoms with Crippen LogP contribution in [0.25, 0.3) is 32.9 Å². The normalized spacial score (nSPS) is 12.8. The molecular weight excluding hydrogens is 573 g/mol. The largest absolute Gasteiger partial charge is 3.00 e. The number of rotatable bonds is 6. The Morgan fingerprint density at radius 2 is 1.97 bits per heavy atom. The van der Waals surface area contributed by atoms with Crippen LogP contribution < -0.4 is 0 Å². The number of para-hydroxylation sites is 1. The SMILES string of the molecule is C=CC=[C-]C(=C)c1ccccn1.[2H]C=C/C([2H])=C(/[2H])C(=[N-])c1[c-]cc2oc3ccccc3c2c1.[Ir+3]. The molecule has 2 aromatic heterocycles. The Balaban J connectivity index is 0.000000284. The third kappa shape index (κ3) is 6.21. The number of benzene rings is 2. The Kier molecular flexibility index (Phi) is 7.82. The molecule has 0 amide bonds. The number of allylic oxidation sites excluding steroid dienone is 7. The van der Waals surface area contributed by atoms with Crippen molar-refractivity contribution in [3.05, 3.63) is 140 Å². The minimum Gasteiger partial charge on any atom is -0.855 e. The van der Waals surface area contributed by atoms with E-state index < -0.39 is 0 Å². The molecular formula is C28H21IrN2O. The van der Waals surface area contributed by atoms with Gasteiger partial charge in [-0.3, -0.25) is 0 Å². The first kappa shape index (κ1) is 20.3. The molecule has 0 aliphatic rings. The summed E-state index contributed by atoms with van der Waals surface area (Å²) in [6, 6.07) is 18.8. The van der Waals surface area contributed by atoms with Gasteiger partial charge >= 0.3 is 20.1 Å². The summed E-state index contributed by atoms with van der Waals surface area (Å²) in [7, 11) is 0. The number of pyridine rings is 1. The fourth-order valence-electron chi connectivity index (χ4n) is 2.76. The van der Waals surface area contributed by atoms with Crippen molar-refractivity contribution in [1.82, 2.24) is 4.98 Å². The minimum absolute atomic E-state index is 0. The zero-order chi connectivity index (χ0) is 24.5. The number of nitrogens with zero attached hydrogens (tertiary/aromatic N) is 2. The molecule has 0 N–H and O–H groups in total. The summed E-state index contributed by atoms with van der Waals surface area (Å²) in [5.41, 5.74) is 2.96. The van der Waals surface area contributed by atoms with Crippen molar-refractivity contribution in [2.75, 3.05) is 0 Å². The smallest absolute Gasteiger partial charge is 0.855 e. The molecule has 0 aliphatic heterocycles. The van der Waals surface area contributed by atoms with Crippen molar-refractivity contribution in [2.24, 2.45) is 0 Å². The van der Waals surface area contributed by atoms with Gasteiger partial charge < -0.3 is 14.8 Å². The second-order valence-corrected chi connectivity index (χ2v) is 6.25. The quantitative estimate of drug-likeness (QED) is 0.135. The monoisotopic (exact) mass is 597 g/mol. The Labute approximate surface area is 206 Å². The van der Waals surface area contributed by atoms with Gasteiger partial charge in [-0.25, -0.2) is 5.71 Å². The van der Waals surface area contributed by atoms with Crippen molar-refractivity contribution in [1.29, 1.82) is 0 Å². The molecule has 4 aromatic rings. The zero-order valence-electron chi connectivity index (χ0n) is 20.1.